The first-order chi connectivity index (χ1) is 8.17. The third kappa shape index (κ3) is 5.25. The maximum Gasteiger partial charge on any atom is 0.123 e. The number of nitrogens with one attached hydrogen (secondary N) is 1. The maximum absolute atomic E-state index is 6.02. The highest BCUT2D eigenvalue weighted by Crippen LogP contribution is 2.22. The number of methoxy groups -OCH3 is 2. The second-order valence-corrected chi connectivity index (χ2v) is 5.17. The van der Waals surface area contributed by atoms with Crippen LogP contribution >= 0.6 is 27.5 Å². The van der Waals surface area contributed by atoms with Gasteiger partial charge in [0, 0.05) is 30.2 Å². The zero-order valence-corrected chi connectivity index (χ0v) is 12.3. The van der Waals surface area contributed by atoms with Gasteiger partial charge >= 0.3 is 0 Å². The lowest BCUT2D eigenvalue weighted by Crippen LogP contribution is -2.26. The molecule has 0 radical (unpaired) electrons. The van der Waals surface area contributed by atoms with Gasteiger partial charge in [0.05, 0.1) is 19.1 Å². The van der Waals surface area contributed by atoms with E-state index in [0.717, 1.165) is 22.3 Å². The first kappa shape index (κ1) is 14.8. The molecule has 0 aliphatic heterocycles. The van der Waals surface area contributed by atoms with E-state index in [9.17, 15) is 0 Å². The summed E-state index contributed by atoms with van der Waals surface area (Å²) >= 11 is 9.47. The molecule has 17 heavy (non-hydrogen) atoms. The van der Waals surface area contributed by atoms with Gasteiger partial charge in [0.2, 0.25) is 0 Å². The minimum absolute atomic E-state index is 0.0156. The Morgan fingerprint density at radius 1 is 1.41 bits per heavy atom. The van der Waals surface area contributed by atoms with Crippen molar-refractivity contribution in [2.75, 3.05) is 27.4 Å². The minimum Gasteiger partial charge on any atom is -0.496 e. The van der Waals surface area contributed by atoms with E-state index in [2.05, 4.69) is 21.2 Å². The van der Waals surface area contributed by atoms with E-state index in [4.69, 9.17) is 21.1 Å². The van der Waals surface area contributed by atoms with Crippen molar-refractivity contribution >= 4 is 27.5 Å². The molecule has 0 aliphatic rings. The molecule has 1 N–H and O–H groups in total. The van der Waals surface area contributed by atoms with Crippen molar-refractivity contribution in [2.45, 2.75) is 11.9 Å². The molecule has 1 aromatic carbocycles. The number of rotatable bonds is 7. The number of ether oxygens (including phenoxy) is 2. The van der Waals surface area contributed by atoms with Gasteiger partial charge in [-0.15, -0.1) is 11.6 Å². The number of hydrogen-bond acceptors (Lipinski definition) is 3. The van der Waals surface area contributed by atoms with Crippen LogP contribution in [0.2, 0.25) is 0 Å². The van der Waals surface area contributed by atoms with E-state index in [1.165, 1.54) is 0 Å². The first-order valence-corrected chi connectivity index (χ1v) is 6.56. The highest BCUT2D eigenvalue weighted by Gasteiger charge is 2.06. The van der Waals surface area contributed by atoms with Gasteiger partial charge in [0.25, 0.3) is 0 Å². The quantitative estimate of drug-likeness (QED) is 0.783. The molecule has 1 unspecified atom stereocenters. The molecule has 0 amide bonds. The largest absolute Gasteiger partial charge is 0.496 e. The Morgan fingerprint density at radius 2 is 2.18 bits per heavy atom. The van der Waals surface area contributed by atoms with Crippen molar-refractivity contribution in [3.8, 4) is 5.75 Å². The van der Waals surface area contributed by atoms with Crippen molar-refractivity contribution < 1.29 is 9.47 Å². The normalized spacial score (nSPS) is 12.5. The zero-order chi connectivity index (χ0) is 12.7. The minimum atomic E-state index is -0.0156. The van der Waals surface area contributed by atoms with Gasteiger partial charge in [-0.3, -0.25) is 0 Å². The monoisotopic (exact) mass is 321 g/mol. The molecule has 0 aliphatic carbocycles. The summed E-state index contributed by atoms with van der Waals surface area (Å²) in [7, 11) is 3.31. The summed E-state index contributed by atoms with van der Waals surface area (Å²) in [4.78, 5) is 0. The van der Waals surface area contributed by atoms with Crippen LogP contribution in [0.5, 0.6) is 5.75 Å². The summed E-state index contributed by atoms with van der Waals surface area (Å²) in [5.74, 6) is 0.874. The fraction of sp³-hybridized carbons (Fsp3) is 0.500. The second-order valence-electron chi connectivity index (χ2n) is 3.64. The molecular formula is C12H17BrClNO2. The highest BCUT2D eigenvalue weighted by atomic mass is 79.9. The van der Waals surface area contributed by atoms with E-state index in [-0.39, 0.29) is 5.38 Å². The van der Waals surface area contributed by atoms with E-state index in [1.54, 1.807) is 14.2 Å². The van der Waals surface area contributed by atoms with Gasteiger partial charge in [-0.1, -0.05) is 15.9 Å². The standard InChI is InChI=1S/C12H17BrClNO2/c1-16-8-11(14)7-15-6-9-5-10(13)3-4-12(9)17-2/h3-5,11,15H,6-8H2,1-2H3. The molecule has 0 saturated carbocycles. The molecule has 0 spiro atoms. The molecule has 1 atom stereocenters. The summed E-state index contributed by atoms with van der Waals surface area (Å²) < 4.78 is 11.3. The fourth-order valence-electron chi connectivity index (χ4n) is 1.49. The van der Waals surface area contributed by atoms with Crippen molar-refractivity contribution in [1.82, 2.24) is 5.32 Å². The Kier molecular flexibility index (Phi) is 6.89. The summed E-state index contributed by atoms with van der Waals surface area (Å²) in [6.07, 6.45) is 0. The van der Waals surface area contributed by atoms with Crippen LogP contribution in [0.15, 0.2) is 22.7 Å². The molecule has 1 rings (SSSR count). The van der Waals surface area contributed by atoms with Crippen molar-refractivity contribution in [2.24, 2.45) is 0 Å². The van der Waals surface area contributed by atoms with Crippen molar-refractivity contribution in [3.63, 3.8) is 0 Å². The van der Waals surface area contributed by atoms with Crippen molar-refractivity contribution in [3.05, 3.63) is 28.2 Å². The third-order valence-electron chi connectivity index (χ3n) is 2.27. The third-order valence-corrected chi connectivity index (χ3v) is 3.04. The summed E-state index contributed by atoms with van der Waals surface area (Å²) in [5, 5.41) is 3.26. The van der Waals surface area contributed by atoms with E-state index < -0.39 is 0 Å². The van der Waals surface area contributed by atoms with Crippen LogP contribution in [0.25, 0.3) is 0 Å². The average Bonchev–Trinajstić information content (AvgIpc) is 2.30. The Morgan fingerprint density at radius 3 is 2.82 bits per heavy atom. The Labute approximate surface area is 116 Å². The summed E-state index contributed by atoms with van der Waals surface area (Å²) in [5.41, 5.74) is 1.10. The van der Waals surface area contributed by atoms with Crippen molar-refractivity contribution in [1.29, 1.82) is 0 Å². The van der Waals surface area contributed by atoms with Crippen LogP contribution in [-0.4, -0.2) is 32.7 Å². The van der Waals surface area contributed by atoms with Crippen LogP contribution in [0, 0.1) is 0 Å². The molecule has 0 bridgehead atoms. The molecule has 0 aromatic heterocycles. The van der Waals surface area contributed by atoms with Gasteiger partial charge < -0.3 is 14.8 Å². The van der Waals surface area contributed by atoms with Crippen LogP contribution in [0.4, 0.5) is 0 Å². The molecule has 96 valence electrons. The second kappa shape index (κ2) is 7.93. The summed E-state index contributed by atoms with van der Waals surface area (Å²) in [6.45, 7) is 1.96. The molecular weight excluding hydrogens is 305 g/mol. The molecule has 3 nitrogen and oxygen atoms in total. The predicted octanol–water partition coefficient (Wildman–Crippen LogP) is 2.80. The lowest BCUT2D eigenvalue weighted by Gasteiger charge is -2.12. The SMILES string of the molecule is COCC(Cl)CNCc1cc(Br)ccc1OC. The van der Waals surface area contributed by atoms with Gasteiger partial charge in [0.15, 0.2) is 0 Å². The van der Waals surface area contributed by atoms with Gasteiger partial charge in [0.1, 0.15) is 5.75 Å². The molecule has 0 fully saturated rings. The maximum atomic E-state index is 6.02. The van der Waals surface area contributed by atoms with Gasteiger partial charge in [-0.25, -0.2) is 0 Å². The molecule has 5 heteroatoms. The highest BCUT2D eigenvalue weighted by molar-refractivity contribution is 9.10. The van der Waals surface area contributed by atoms with E-state index in [1.807, 2.05) is 18.2 Å². The topological polar surface area (TPSA) is 30.5 Å². The molecule has 0 heterocycles. The van der Waals surface area contributed by atoms with Crippen LogP contribution in [-0.2, 0) is 11.3 Å². The number of alkyl halides is 1. The predicted molar refractivity (Wildman–Crippen MR) is 73.9 cm³/mol. The van der Waals surface area contributed by atoms with Crippen LogP contribution in [0.3, 0.4) is 0 Å². The number of benzene rings is 1. The summed E-state index contributed by atoms with van der Waals surface area (Å²) in [6, 6.07) is 5.93. The van der Waals surface area contributed by atoms with Gasteiger partial charge in [-0.2, -0.15) is 0 Å². The molecule has 0 saturated heterocycles. The van der Waals surface area contributed by atoms with E-state index in [0.29, 0.717) is 13.2 Å². The van der Waals surface area contributed by atoms with Crippen LogP contribution < -0.4 is 10.1 Å². The first-order valence-electron chi connectivity index (χ1n) is 5.33. The number of hydrogen-bond donors (Lipinski definition) is 1. The fourth-order valence-corrected chi connectivity index (χ4v) is 2.13. The lowest BCUT2D eigenvalue weighted by molar-refractivity contribution is 0.197. The van der Waals surface area contributed by atoms with Crippen LogP contribution in [0.1, 0.15) is 5.56 Å². The average molecular weight is 323 g/mol. The number of halogens is 2. The Bertz CT molecular complexity index is 349. The Balaban J connectivity index is 2.48. The smallest absolute Gasteiger partial charge is 0.123 e. The lowest BCUT2D eigenvalue weighted by atomic mass is 10.2. The van der Waals surface area contributed by atoms with E-state index >= 15 is 0 Å². The van der Waals surface area contributed by atoms with Gasteiger partial charge in [-0.05, 0) is 18.2 Å². The molecule has 1 aromatic rings. The zero-order valence-electron chi connectivity index (χ0n) is 10.0. The Hall–Kier alpha value is -0.290.